The van der Waals surface area contributed by atoms with Gasteiger partial charge in [-0.25, -0.2) is 9.78 Å². The molecule has 0 aliphatic carbocycles. The van der Waals surface area contributed by atoms with E-state index in [1.165, 1.54) is 23.7 Å². The van der Waals surface area contributed by atoms with Crippen LogP contribution in [0.25, 0.3) is 0 Å². The van der Waals surface area contributed by atoms with Crippen molar-refractivity contribution in [3.05, 3.63) is 34.0 Å². The van der Waals surface area contributed by atoms with Crippen LogP contribution in [-0.2, 0) is 0 Å². The summed E-state index contributed by atoms with van der Waals surface area (Å²) in [4.78, 5) is 21.9. The molecule has 0 atom stereocenters. The van der Waals surface area contributed by atoms with Gasteiger partial charge in [0.1, 0.15) is 5.15 Å². The Morgan fingerprint density at radius 2 is 2.08 bits per heavy atom. The first-order valence-corrected chi connectivity index (χ1v) is 3.31. The summed E-state index contributed by atoms with van der Waals surface area (Å²) in [6, 6.07) is 2.84. The molecule has 1 heterocycles. The Kier molecular flexibility index (Phi) is 5.13. The van der Waals surface area contributed by atoms with Crippen molar-refractivity contribution >= 4 is 17.6 Å². The van der Waals surface area contributed by atoms with Gasteiger partial charge < -0.3 is 10.3 Å². The average Bonchev–Trinajstić information content (AvgIpc) is 2.06. The number of carboxylic acids is 1. The summed E-state index contributed by atoms with van der Waals surface area (Å²) in [7, 11) is 0. The van der Waals surface area contributed by atoms with Crippen molar-refractivity contribution in [2.24, 2.45) is 5.34 Å². The predicted molar refractivity (Wildman–Crippen MR) is 43.8 cm³/mol. The Labute approximate surface area is 77.7 Å². The number of nitrogens with zero attached hydrogens (tertiary/aromatic N) is 2. The van der Waals surface area contributed by atoms with Gasteiger partial charge in [0, 0.05) is 6.20 Å². The van der Waals surface area contributed by atoms with E-state index >= 15 is 0 Å². The zero-order valence-corrected chi connectivity index (χ0v) is 6.97. The SMILES string of the molecule is O=C(O)c1ccc(Cl)nc1.O=NO. The van der Waals surface area contributed by atoms with Crippen LogP contribution in [0.4, 0.5) is 0 Å². The lowest BCUT2D eigenvalue weighted by atomic mass is 10.3. The lowest BCUT2D eigenvalue weighted by Crippen LogP contribution is -1.95. The molecule has 0 amide bonds. The zero-order valence-electron chi connectivity index (χ0n) is 6.22. The maximum absolute atomic E-state index is 10.2. The first-order valence-electron chi connectivity index (χ1n) is 2.93. The molecule has 0 radical (unpaired) electrons. The number of hydrogen-bond donors (Lipinski definition) is 2. The van der Waals surface area contributed by atoms with E-state index in [0.29, 0.717) is 5.15 Å². The monoisotopic (exact) mass is 204 g/mol. The second kappa shape index (κ2) is 5.90. The molecule has 0 aromatic carbocycles. The summed E-state index contributed by atoms with van der Waals surface area (Å²) < 4.78 is 0. The molecule has 0 bridgehead atoms. The number of rotatable bonds is 1. The van der Waals surface area contributed by atoms with Crippen molar-refractivity contribution in [1.82, 2.24) is 4.98 Å². The van der Waals surface area contributed by atoms with E-state index < -0.39 is 5.97 Å². The number of hydrogen-bond acceptors (Lipinski definition) is 4. The zero-order chi connectivity index (χ0) is 10.3. The summed E-state index contributed by atoms with van der Waals surface area (Å²) in [6.45, 7) is 0. The second-order valence-electron chi connectivity index (χ2n) is 1.76. The highest BCUT2D eigenvalue weighted by Gasteiger charge is 2.00. The molecule has 0 unspecified atom stereocenters. The number of carbonyl (C=O) groups is 1. The van der Waals surface area contributed by atoms with Crippen LogP contribution in [-0.4, -0.2) is 21.3 Å². The van der Waals surface area contributed by atoms with Crippen molar-refractivity contribution < 1.29 is 15.1 Å². The molecule has 0 saturated carbocycles. The minimum atomic E-state index is -0.996. The van der Waals surface area contributed by atoms with Gasteiger partial charge >= 0.3 is 5.97 Å². The van der Waals surface area contributed by atoms with Gasteiger partial charge in [0.15, 0.2) is 5.34 Å². The Bertz CT molecular complexity index is 287. The summed E-state index contributed by atoms with van der Waals surface area (Å²) >= 11 is 5.41. The maximum Gasteiger partial charge on any atom is 0.337 e. The quantitative estimate of drug-likeness (QED) is 0.411. The fourth-order valence-electron chi connectivity index (χ4n) is 0.502. The van der Waals surface area contributed by atoms with Crippen LogP contribution in [0.5, 0.6) is 0 Å². The molecule has 1 aromatic heterocycles. The van der Waals surface area contributed by atoms with Crippen molar-refractivity contribution in [1.29, 1.82) is 0 Å². The van der Waals surface area contributed by atoms with E-state index in [2.05, 4.69) is 4.98 Å². The van der Waals surface area contributed by atoms with E-state index in [0.717, 1.165) is 0 Å². The fourth-order valence-corrected chi connectivity index (χ4v) is 0.614. The highest BCUT2D eigenvalue weighted by molar-refractivity contribution is 6.29. The van der Waals surface area contributed by atoms with E-state index in [4.69, 9.17) is 26.8 Å². The van der Waals surface area contributed by atoms with Gasteiger partial charge in [0.2, 0.25) is 0 Å². The molecular formula is C6H5ClN2O4. The molecule has 0 fully saturated rings. The largest absolute Gasteiger partial charge is 0.478 e. The van der Waals surface area contributed by atoms with Crippen molar-refractivity contribution in [2.75, 3.05) is 0 Å². The molecule has 1 rings (SSSR count). The minimum absolute atomic E-state index is 0.143. The van der Waals surface area contributed by atoms with E-state index in [1.807, 2.05) is 0 Å². The minimum Gasteiger partial charge on any atom is -0.478 e. The highest BCUT2D eigenvalue weighted by atomic mass is 35.5. The van der Waals surface area contributed by atoms with Crippen LogP contribution in [0.3, 0.4) is 0 Å². The van der Waals surface area contributed by atoms with Crippen LogP contribution in [0.1, 0.15) is 10.4 Å². The topological polar surface area (TPSA) is 99.8 Å². The third kappa shape index (κ3) is 4.70. The first-order chi connectivity index (χ1) is 6.11. The van der Waals surface area contributed by atoms with Gasteiger partial charge in [-0.05, 0) is 12.1 Å². The molecule has 0 aliphatic rings. The highest BCUT2D eigenvalue weighted by Crippen LogP contribution is 2.04. The van der Waals surface area contributed by atoms with Crippen LogP contribution < -0.4 is 0 Å². The number of aromatic nitrogens is 1. The molecule has 6 nitrogen and oxygen atoms in total. The number of pyridine rings is 1. The Morgan fingerprint density at radius 3 is 2.38 bits per heavy atom. The fraction of sp³-hybridized carbons (Fsp3) is 0. The summed E-state index contributed by atoms with van der Waals surface area (Å²) in [5.74, 6) is -0.996. The third-order valence-electron chi connectivity index (χ3n) is 0.974. The maximum atomic E-state index is 10.2. The number of aromatic carboxylic acids is 1. The molecule has 0 spiro atoms. The Hall–Kier alpha value is -1.69. The smallest absolute Gasteiger partial charge is 0.337 e. The second-order valence-corrected chi connectivity index (χ2v) is 2.14. The van der Waals surface area contributed by atoms with Gasteiger partial charge in [-0.15, -0.1) is 4.91 Å². The molecular weight excluding hydrogens is 200 g/mol. The van der Waals surface area contributed by atoms with Crippen LogP contribution in [0, 0.1) is 4.91 Å². The van der Waals surface area contributed by atoms with Crippen molar-refractivity contribution in [3.63, 3.8) is 0 Å². The summed E-state index contributed by atoms with van der Waals surface area (Å²) in [5.41, 5.74) is 0.143. The van der Waals surface area contributed by atoms with Crippen LogP contribution in [0.2, 0.25) is 5.15 Å². The lowest BCUT2D eigenvalue weighted by molar-refractivity contribution is 0.0696. The molecule has 7 heteroatoms. The lowest BCUT2D eigenvalue weighted by Gasteiger charge is -1.90. The van der Waals surface area contributed by atoms with Crippen molar-refractivity contribution in [2.45, 2.75) is 0 Å². The average molecular weight is 205 g/mol. The third-order valence-corrected chi connectivity index (χ3v) is 1.20. The predicted octanol–water partition coefficient (Wildman–Crippen LogP) is 1.58. The van der Waals surface area contributed by atoms with Gasteiger partial charge in [0.05, 0.1) is 5.56 Å². The van der Waals surface area contributed by atoms with E-state index in [9.17, 15) is 4.79 Å². The Morgan fingerprint density at radius 1 is 1.54 bits per heavy atom. The van der Waals surface area contributed by atoms with Gasteiger partial charge in [-0.3, -0.25) is 0 Å². The normalized spacial score (nSPS) is 8.08. The molecule has 1 aromatic rings. The standard InChI is InChI=1S/C6H4ClNO2.HNO2/c7-5-2-1-4(3-8-5)6(9)10;2-1-3/h1-3H,(H,9,10);(H,2,3). The van der Waals surface area contributed by atoms with Gasteiger partial charge in [-0.1, -0.05) is 11.6 Å². The van der Waals surface area contributed by atoms with Gasteiger partial charge in [-0.2, -0.15) is 0 Å². The molecule has 0 aliphatic heterocycles. The first kappa shape index (κ1) is 11.3. The number of halogens is 1. The summed E-state index contributed by atoms with van der Waals surface area (Å²) in [5, 5.41) is 16.6. The van der Waals surface area contributed by atoms with Crippen LogP contribution in [0.15, 0.2) is 23.7 Å². The molecule has 2 N–H and O–H groups in total. The molecule has 0 saturated heterocycles. The van der Waals surface area contributed by atoms with E-state index in [1.54, 1.807) is 0 Å². The van der Waals surface area contributed by atoms with E-state index in [-0.39, 0.29) is 5.56 Å². The molecule has 70 valence electrons. The summed E-state index contributed by atoms with van der Waals surface area (Å²) in [6.07, 6.45) is 1.21. The van der Waals surface area contributed by atoms with Crippen molar-refractivity contribution in [3.8, 4) is 0 Å². The number of carboxylic acid groups (broad SMARTS) is 1. The van der Waals surface area contributed by atoms with Crippen LogP contribution >= 0.6 is 11.6 Å². The van der Waals surface area contributed by atoms with Gasteiger partial charge in [0.25, 0.3) is 0 Å². The molecule has 13 heavy (non-hydrogen) atoms. The Balaban J connectivity index is 0.000000424.